The lowest BCUT2D eigenvalue weighted by molar-refractivity contribution is 0.823. The van der Waals surface area contributed by atoms with Crippen molar-refractivity contribution < 1.29 is 0 Å². The second kappa shape index (κ2) is 13.8. The molecule has 0 spiro atoms. The number of rotatable bonds is 12. The van der Waals surface area contributed by atoms with Crippen molar-refractivity contribution in [1.29, 1.82) is 0 Å². The van der Waals surface area contributed by atoms with Gasteiger partial charge >= 0.3 is 0 Å². The van der Waals surface area contributed by atoms with E-state index in [0.29, 0.717) is 11.7 Å². The van der Waals surface area contributed by atoms with Gasteiger partial charge in [-0.2, -0.15) is 0 Å². The van der Waals surface area contributed by atoms with Gasteiger partial charge in [0.1, 0.15) is 0 Å². The van der Waals surface area contributed by atoms with Crippen molar-refractivity contribution in [2.45, 2.75) is 37.7 Å². The van der Waals surface area contributed by atoms with Crippen LogP contribution in [0.25, 0.3) is 0 Å². The summed E-state index contributed by atoms with van der Waals surface area (Å²) in [4.78, 5) is 4.83. The van der Waals surface area contributed by atoms with Crippen LogP contribution in [0.5, 0.6) is 0 Å². The molecule has 5 rings (SSSR count). The summed E-state index contributed by atoms with van der Waals surface area (Å²) in [6.45, 7) is 2.31. The van der Waals surface area contributed by atoms with Crippen LogP contribution < -0.4 is 5.72 Å². The highest BCUT2D eigenvalue weighted by Crippen LogP contribution is 2.29. The standard InChI is InChI=1S/C35H37BN2Si/c1-2-32(23-24-33(28-15-7-3-8-16-28)29-17-9-4-10-18-29)39-27-38-26-25-37-35(38)36-34(30-19-11-5-12-20-30)31-21-13-6-14-22-31/h3-23,25-26,33-34,36H,2,24,27,39H2,1H3. The molecule has 4 heteroatoms. The lowest BCUT2D eigenvalue weighted by atomic mass is 9.58. The Morgan fingerprint density at radius 2 is 1.23 bits per heavy atom. The highest BCUT2D eigenvalue weighted by Gasteiger charge is 2.20. The summed E-state index contributed by atoms with van der Waals surface area (Å²) in [5, 5.41) is 1.65. The first-order valence-corrected chi connectivity index (χ1v) is 15.9. The van der Waals surface area contributed by atoms with Crippen LogP contribution in [0.2, 0.25) is 0 Å². The quantitative estimate of drug-likeness (QED) is 0.173. The number of hydrogen-bond donors (Lipinski definition) is 0. The van der Waals surface area contributed by atoms with E-state index in [0.717, 1.165) is 26.3 Å². The van der Waals surface area contributed by atoms with Crippen molar-refractivity contribution in [3.63, 3.8) is 0 Å². The van der Waals surface area contributed by atoms with Crippen LogP contribution in [0.3, 0.4) is 0 Å². The van der Waals surface area contributed by atoms with E-state index in [1.54, 1.807) is 5.20 Å². The third-order valence-corrected chi connectivity index (χ3v) is 9.90. The first kappa shape index (κ1) is 26.7. The van der Waals surface area contributed by atoms with Crippen molar-refractivity contribution in [2.75, 3.05) is 0 Å². The highest BCUT2D eigenvalue weighted by molar-refractivity contribution is 6.54. The van der Waals surface area contributed by atoms with Gasteiger partial charge in [0.25, 0.3) is 0 Å². The summed E-state index contributed by atoms with van der Waals surface area (Å²) >= 11 is 0. The Labute approximate surface area is 236 Å². The van der Waals surface area contributed by atoms with E-state index in [1.807, 2.05) is 6.20 Å². The molecule has 0 atom stereocenters. The average molecular weight is 525 g/mol. The number of hydrogen-bond acceptors (Lipinski definition) is 1. The van der Waals surface area contributed by atoms with Gasteiger partial charge in [0, 0.05) is 24.5 Å². The van der Waals surface area contributed by atoms with E-state index in [-0.39, 0.29) is 0 Å². The van der Waals surface area contributed by atoms with Gasteiger partial charge in [0.2, 0.25) is 7.28 Å². The molecule has 5 aromatic rings. The summed E-state index contributed by atoms with van der Waals surface area (Å²) in [6, 6.07) is 43.6. The molecule has 0 aliphatic carbocycles. The average Bonchev–Trinajstić information content (AvgIpc) is 3.46. The minimum Gasteiger partial charge on any atom is -0.346 e. The minimum absolute atomic E-state index is 0.300. The van der Waals surface area contributed by atoms with Crippen molar-refractivity contribution in [3.8, 4) is 0 Å². The van der Waals surface area contributed by atoms with Crippen LogP contribution in [0.4, 0.5) is 0 Å². The molecule has 1 heterocycles. The molecule has 2 nitrogen and oxygen atoms in total. The second-order valence-electron chi connectivity index (χ2n) is 10.2. The van der Waals surface area contributed by atoms with Crippen molar-refractivity contribution in [2.24, 2.45) is 0 Å². The molecule has 0 N–H and O–H groups in total. The van der Waals surface area contributed by atoms with Gasteiger partial charge in [-0.1, -0.05) is 140 Å². The first-order chi connectivity index (χ1) is 19.3. The number of allylic oxidation sites excluding steroid dienone is 2. The van der Waals surface area contributed by atoms with Crippen LogP contribution in [-0.2, 0) is 6.17 Å². The lowest BCUT2D eigenvalue weighted by Gasteiger charge is -2.18. The third-order valence-electron chi connectivity index (χ3n) is 7.77. The van der Waals surface area contributed by atoms with Gasteiger partial charge in [-0.25, -0.2) is 0 Å². The molecule has 194 valence electrons. The van der Waals surface area contributed by atoms with E-state index >= 15 is 0 Å². The molecular weight excluding hydrogens is 487 g/mol. The molecule has 0 saturated carbocycles. The molecular formula is C35H37BN2Si. The van der Waals surface area contributed by atoms with Crippen LogP contribution >= 0.6 is 0 Å². The maximum atomic E-state index is 4.83. The molecule has 4 aromatic carbocycles. The van der Waals surface area contributed by atoms with Gasteiger partial charge in [0.15, 0.2) is 0 Å². The Hall–Kier alpha value is -3.89. The number of benzene rings is 4. The SMILES string of the molecule is CCC(=CCC(c1ccccc1)c1ccccc1)[SiH2]Cn1ccnc1BC(c1ccccc1)c1ccccc1. The van der Waals surface area contributed by atoms with Gasteiger partial charge in [-0.05, 0) is 40.9 Å². The fourth-order valence-electron chi connectivity index (χ4n) is 5.52. The second-order valence-corrected chi connectivity index (χ2v) is 12.0. The monoisotopic (exact) mass is 524 g/mol. The molecule has 39 heavy (non-hydrogen) atoms. The Morgan fingerprint density at radius 1 is 0.744 bits per heavy atom. The Kier molecular flexibility index (Phi) is 9.43. The Bertz CT molecular complexity index is 1350. The molecule has 0 radical (unpaired) electrons. The van der Waals surface area contributed by atoms with Gasteiger partial charge in [-0.15, -0.1) is 0 Å². The van der Waals surface area contributed by atoms with E-state index in [2.05, 4.69) is 145 Å². The molecule has 0 aliphatic rings. The van der Waals surface area contributed by atoms with Gasteiger partial charge < -0.3 is 4.57 Å². The zero-order valence-corrected chi connectivity index (χ0v) is 24.3. The summed E-state index contributed by atoms with van der Waals surface area (Å²) < 4.78 is 2.42. The third kappa shape index (κ3) is 7.16. The Morgan fingerprint density at radius 3 is 1.72 bits per heavy atom. The summed E-state index contributed by atoms with van der Waals surface area (Å²) in [6.07, 6.45) is 9.97. The normalized spacial score (nSPS) is 12.0. The number of nitrogens with zero attached hydrogens (tertiary/aromatic N) is 2. The van der Waals surface area contributed by atoms with E-state index in [4.69, 9.17) is 4.98 Å². The molecule has 1 aromatic heterocycles. The van der Waals surface area contributed by atoms with Crippen molar-refractivity contribution >= 4 is 22.5 Å². The highest BCUT2D eigenvalue weighted by atomic mass is 28.2. The largest absolute Gasteiger partial charge is 0.346 e. The smallest absolute Gasteiger partial charge is 0.217 e. The number of imidazole rings is 1. The topological polar surface area (TPSA) is 17.8 Å². The predicted octanol–water partition coefficient (Wildman–Crippen LogP) is 6.38. The van der Waals surface area contributed by atoms with Crippen LogP contribution in [0, 0.1) is 0 Å². The molecule has 0 unspecified atom stereocenters. The van der Waals surface area contributed by atoms with E-state index < -0.39 is 9.52 Å². The zero-order valence-electron chi connectivity index (χ0n) is 22.9. The summed E-state index contributed by atoms with van der Waals surface area (Å²) in [7, 11) is 0.464. The van der Waals surface area contributed by atoms with Crippen LogP contribution in [0.15, 0.2) is 145 Å². The van der Waals surface area contributed by atoms with E-state index in [1.165, 1.54) is 28.0 Å². The zero-order chi connectivity index (χ0) is 26.7. The number of aromatic nitrogens is 2. The summed E-state index contributed by atoms with van der Waals surface area (Å²) in [5.74, 6) is 0.693. The maximum Gasteiger partial charge on any atom is 0.217 e. The molecule has 0 saturated heterocycles. The fourth-order valence-corrected chi connectivity index (χ4v) is 7.18. The summed E-state index contributed by atoms with van der Waals surface area (Å²) in [5.41, 5.74) is 6.65. The van der Waals surface area contributed by atoms with Crippen molar-refractivity contribution in [1.82, 2.24) is 9.55 Å². The fraction of sp³-hybridized carbons (Fsp3) is 0.171. The van der Waals surface area contributed by atoms with Gasteiger partial charge in [0.05, 0.1) is 15.2 Å². The van der Waals surface area contributed by atoms with E-state index in [9.17, 15) is 0 Å². The minimum atomic E-state index is -0.443. The van der Waals surface area contributed by atoms with Crippen molar-refractivity contribution in [3.05, 3.63) is 167 Å². The molecule has 0 bridgehead atoms. The lowest BCUT2D eigenvalue weighted by Crippen LogP contribution is -2.33. The van der Waals surface area contributed by atoms with Crippen LogP contribution in [-0.4, -0.2) is 26.4 Å². The molecule has 0 aliphatic heterocycles. The first-order valence-electron chi connectivity index (χ1n) is 14.2. The maximum absolute atomic E-state index is 4.83. The van der Waals surface area contributed by atoms with Crippen LogP contribution in [0.1, 0.15) is 53.8 Å². The molecule has 0 fully saturated rings. The molecule has 0 amide bonds. The Balaban J connectivity index is 1.31. The predicted molar refractivity (Wildman–Crippen MR) is 170 cm³/mol. The van der Waals surface area contributed by atoms with Gasteiger partial charge in [-0.3, -0.25) is 4.98 Å².